The predicted octanol–water partition coefficient (Wildman–Crippen LogP) is 3.40. The number of thioether (sulfide) groups is 1. The fourth-order valence-electron chi connectivity index (χ4n) is 1.45. The van der Waals surface area contributed by atoms with Crippen LogP contribution in [0, 0.1) is 0 Å². The van der Waals surface area contributed by atoms with Gasteiger partial charge in [0.25, 0.3) is 0 Å². The highest BCUT2D eigenvalue weighted by Gasteiger charge is 2.26. The van der Waals surface area contributed by atoms with Gasteiger partial charge in [0, 0.05) is 4.90 Å². The molecule has 0 spiro atoms. The molecule has 1 atom stereocenters. The molecule has 0 amide bonds. The van der Waals surface area contributed by atoms with E-state index in [0.29, 0.717) is 6.42 Å². The zero-order valence-electron chi connectivity index (χ0n) is 10.4. The van der Waals surface area contributed by atoms with Crippen molar-refractivity contribution in [2.45, 2.75) is 36.6 Å². The number of benzene rings is 1. The van der Waals surface area contributed by atoms with E-state index in [1.807, 2.05) is 24.3 Å². The van der Waals surface area contributed by atoms with Crippen molar-refractivity contribution in [2.24, 2.45) is 5.73 Å². The van der Waals surface area contributed by atoms with Crippen LogP contribution in [0.5, 0.6) is 0 Å². The highest BCUT2D eigenvalue weighted by Crippen LogP contribution is 2.27. The SMILES string of the molecule is CC(N)(CCCCSc1ccccc1Cl)C(=O)O. The minimum Gasteiger partial charge on any atom is -0.480 e. The predicted molar refractivity (Wildman–Crippen MR) is 76.3 cm³/mol. The first-order chi connectivity index (χ1) is 8.43. The smallest absolute Gasteiger partial charge is 0.323 e. The molecule has 0 radical (unpaired) electrons. The third-order valence-corrected chi connectivity index (χ3v) is 4.27. The van der Waals surface area contributed by atoms with Crippen LogP contribution in [0.3, 0.4) is 0 Å². The Kier molecular flexibility index (Phi) is 5.99. The third kappa shape index (κ3) is 4.88. The molecule has 0 aliphatic rings. The Labute approximate surface area is 117 Å². The van der Waals surface area contributed by atoms with Crippen molar-refractivity contribution >= 4 is 29.3 Å². The van der Waals surface area contributed by atoms with Crippen molar-refractivity contribution in [1.82, 2.24) is 0 Å². The molecule has 0 aromatic heterocycles. The van der Waals surface area contributed by atoms with E-state index in [-0.39, 0.29) is 0 Å². The van der Waals surface area contributed by atoms with Crippen molar-refractivity contribution in [3.8, 4) is 0 Å². The lowest BCUT2D eigenvalue weighted by Crippen LogP contribution is -2.44. The number of nitrogens with two attached hydrogens (primary N) is 1. The van der Waals surface area contributed by atoms with Crippen LogP contribution < -0.4 is 5.73 Å². The van der Waals surface area contributed by atoms with Crippen LogP contribution in [-0.2, 0) is 4.79 Å². The van der Waals surface area contributed by atoms with Gasteiger partial charge in [0.2, 0.25) is 0 Å². The lowest BCUT2D eigenvalue weighted by atomic mass is 9.97. The van der Waals surface area contributed by atoms with Gasteiger partial charge >= 0.3 is 5.97 Å². The molecule has 0 heterocycles. The number of hydrogen-bond acceptors (Lipinski definition) is 3. The van der Waals surface area contributed by atoms with E-state index < -0.39 is 11.5 Å². The second-order valence-electron chi connectivity index (χ2n) is 4.46. The zero-order valence-corrected chi connectivity index (χ0v) is 11.9. The summed E-state index contributed by atoms with van der Waals surface area (Å²) in [5, 5.41) is 9.63. The van der Waals surface area contributed by atoms with Gasteiger partial charge in [-0.3, -0.25) is 4.79 Å². The van der Waals surface area contributed by atoms with Gasteiger partial charge in [-0.05, 0) is 37.7 Å². The number of carbonyl (C=O) groups is 1. The van der Waals surface area contributed by atoms with Gasteiger partial charge in [-0.2, -0.15) is 0 Å². The van der Waals surface area contributed by atoms with Crippen LogP contribution in [0.4, 0.5) is 0 Å². The first-order valence-electron chi connectivity index (χ1n) is 5.83. The van der Waals surface area contributed by atoms with Gasteiger partial charge in [0.05, 0.1) is 5.02 Å². The maximum absolute atomic E-state index is 10.8. The Morgan fingerprint density at radius 1 is 1.44 bits per heavy atom. The second kappa shape index (κ2) is 7.02. The van der Waals surface area contributed by atoms with E-state index in [4.69, 9.17) is 22.4 Å². The Morgan fingerprint density at radius 2 is 2.11 bits per heavy atom. The average Bonchev–Trinajstić information content (AvgIpc) is 2.30. The minimum absolute atomic E-state index is 0.491. The molecule has 0 saturated carbocycles. The standard InChI is InChI=1S/C13H18ClNO2S/c1-13(15,12(16)17)8-4-5-9-18-11-7-3-2-6-10(11)14/h2-3,6-7H,4-5,8-9,15H2,1H3,(H,16,17). The van der Waals surface area contributed by atoms with Crippen molar-refractivity contribution in [1.29, 1.82) is 0 Å². The fourth-order valence-corrected chi connectivity index (χ4v) is 2.69. The number of halogens is 1. The summed E-state index contributed by atoms with van der Waals surface area (Å²) in [4.78, 5) is 11.9. The summed E-state index contributed by atoms with van der Waals surface area (Å²) < 4.78 is 0. The molecule has 0 fully saturated rings. The fraction of sp³-hybridized carbons (Fsp3) is 0.462. The molecule has 100 valence electrons. The summed E-state index contributed by atoms with van der Waals surface area (Å²) in [5.41, 5.74) is 4.53. The molecule has 1 rings (SSSR count). The van der Waals surface area contributed by atoms with Crippen molar-refractivity contribution in [2.75, 3.05) is 5.75 Å². The normalized spacial score (nSPS) is 14.2. The molecule has 0 aliphatic carbocycles. The van der Waals surface area contributed by atoms with E-state index in [1.54, 1.807) is 18.7 Å². The topological polar surface area (TPSA) is 63.3 Å². The molecule has 0 bridgehead atoms. The van der Waals surface area contributed by atoms with E-state index in [0.717, 1.165) is 28.5 Å². The molecule has 18 heavy (non-hydrogen) atoms. The van der Waals surface area contributed by atoms with Gasteiger partial charge in [0.15, 0.2) is 0 Å². The van der Waals surface area contributed by atoms with Crippen LogP contribution in [0.1, 0.15) is 26.2 Å². The third-order valence-electron chi connectivity index (χ3n) is 2.67. The molecule has 1 unspecified atom stereocenters. The number of aliphatic carboxylic acids is 1. The lowest BCUT2D eigenvalue weighted by Gasteiger charge is -2.18. The average molecular weight is 288 g/mol. The van der Waals surface area contributed by atoms with E-state index >= 15 is 0 Å². The van der Waals surface area contributed by atoms with Crippen LogP contribution >= 0.6 is 23.4 Å². The minimum atomic E-state index is -1.12. The first kappa shape index (κ1) is 15.3. The first-order valence-corrected chi connectivity index (χ1v) is 7.19. The highest BCUT2D eigenvalue weighted by atomic mass is 35.5. The van der Waals surface area contributed by atoms with Crippen molar-refractivity contribution in [3.05, 3.63) is 29.3 Å². The maximum Gasteiger partial charge on any atom is 0.323 e. The molecule has 1 aromatic carbocycles. The Balaban J connectivity index is 2.24. The lowest BCUT2D eigenvalue weighted by molar-refractivity contribution is -0.142. The number of hydrogen-bond donors (Lipinski definition) is 2. The Hall–Kier alpha value is -0.710. The summed E-state index contributed by atoms with van der Waals surface area (Å²) >= 11 is 7.72. The molecule has 0 saturated heterocycles. The number of rotatable bonds is 7. The summed E-state index contributed by atoms with van der Waals surface area (Å²) in [7, 11) is 0. The highest BCUT2D eigenvalue weighted by molar-refractivity contribution is 7.99. The molecular weight excluding hydrogens is 270 g/mol. The van der Waals surface area contributed by atoms with Gasteiger partial charge in [-0.1, -0.05) is 30.2 Å². The Bertz CT molecular complexity index is 410. The molecule has 3 nitrogen and oxygen atoms in total. The quantitative estimate of drug-likeness (QED) is 0.596. The van der Waals surface area contributed by atoms with Crippen LogP contribution in [0.2, 0.25) is 5.02 Å². The molecule has 0 aliphatic heterocycles. The van der Waals surface area contributed by atoms with Gasteiger partial charge in [0.1, 0.15) is 5.54 Å². The number of carboxylic acids is 1. The Morgan fingerprint density at radius 3 is 2.72 bits per heavy atom. The molecule has 3 N–H and O–H groups in total. The van der Waals surface area contributed by atoms with E-state index in [2.05, 4.69) is 0 Å². The summed E-state index contributed by atoms with van der Waals surface area (Å²) in [6, 6.07) is 7.71. The molecule has 5 heteroatoms. The summed E-state index contributed by atoms with van der Waals surface area (Å²) in [5.74, 6) is -0.0272. The molecule has 1 aromatic rings. The number of carboxylic acid groups (broad SMARTS) is 1. The second-order valence-corrected chi connectivity index (χ2v) is 6.00. The monoisotopic (exact) mass is 287 g/mol. The van der Waals surface area contributed by atoms with Gasteiger partial charge in [-0.15, -0.1) is 11.8 Å². The van der Waals surface area contributed by atoms with E-state index in [1.165, 1.54) is 0 Å². The van der Waals surface area contributed by atoms with Gasteiger partial charge < -0.3 is 10.8 Å². The zero-order chi connectivity index (χ0) is 13.6. The summed E-state index contributed by atoms with van der Waals surface area (Å²) in [6.45, 7) is 1.55. The number of unbranched alkanes of at least 4 members (excludes halogenated alkanes) is 1. The molecular formula is C13H18ClNO2S. The van der Waals surface area contributed by atoms with Crippen LogP contribution in [0.15, 0.2) is 29.2 Å². The van der Waals surface area contributed by atoms with Crippen LogP contribution in [0.25, 0.3) is 0 Å². The van der Waals surface area contributed by atoms with E-state index in [9.17, 15) is 4.79 Å². The van der Waals surface area contributed by atoms with Gasteiger partial charge in [-0.25, -0.2) is 0 Å². The van der Waals surface area contributed by atoms with Crippen molar-refractivity contribution < 1.29 is 9.90 Å². The largest absolute Gasteiger partial charge is 0.480 e. The summed E-state index contributed by atoms with van der Waals surface area (Å²) in [6.07, 6.45) is 2.22. The van der Waals surface area contributed by atoms with Crippen molar-refractivity contribution in [3.63, 3.8) is 0 Å². The van der Waals surface area contributed by atoms with Crippen LogP contribution in [-0.4, -0.2) is 22.4 Å². The maximum atomic E-state index is 10.8.